The second-order valence-electron chi connectivity index (χ2n) is 4.06. The van der Waals surface area contributed by atoms with Gasteiger partial charge in [0, 0.05) is 17.8 Å². The summed E-state index contributed by atoms with van der Waals surface area (Å²) in [5.74, 6) is -0.925. The van der Waals surface area contributed by atoms with Crippen molar-refractivity contribution < 1.29 is 13.9 Å². The summed E-state index contributed by atoms with van der Waals surface area (Å²) in [6, 6.07) is 3.88. The summed E-state index contributed by atoms with van der Waals surface area (Å²) in [5, 5.41) is 9.72. The van der Waals surface area contributed by atoms with Gasteiger partial charge in [0.1, 0.15) is 5.82 Å². The van der Waals surface area contributed by atoms with Gasteiger partial charge in [-0.05, 0) is 25.1 Å². The Balaban J connectivity index is 2.21. The molecule has 2 N–H and O–H groups in total. The zero-order valence-electron chi connectivity index (χ0n) is 10.7. The van der Waals surface area contributed by atoms with Gasteiger partial charge in [-0.25, -0.2) is 9.18 Å². The van der Waals surface area contributed by atoms with Crippen molar-refractivity contribution in [3.63, 3.8) is 0 Å². The van der Waals surface area contributed by atoms with Gasteiger partial charge in [0.05, 0.1) is 24.6 Å². The molecule has 0 aliphatic rings. The molecule has 0 spiro atoms. The lowest BCUT2D eigenvalue weighted by molar-refractivity contribution is 0.0602. The van der Waals surface area contributed by atoms with Gasteiger partial charge in [-0.15, -0.1) is 0 Å². The Morgan fingerprint density at radius 1 is 1.53 bits per heavy atom. The number of carbonyl (C=O) groups is 1. The number of hydrogen-bond donors (Lipinski definition) is 2. The van der Waals surface area contributed by atoms with Crippen LogP contribution in [0.2, 0.25) is 0 Å². The van der Waals surface area contributed by atoms with E-state index in [0.29, 0.717) is 17.8 Å². The number of aromatic nitrogens is 2. The van der Waals surface area contributed by atoms with Crippen LogP contribution in [0.4, 0.5) is 10.1 Å². The SMILES string of the molecule is COC(=O)c1ccc(F)cc1NCc1cn[nH]c1C. The number of hydrogen-bond acceptors (Lipinski definition) is 4. The minimum atomic E-state index is -0.508. The van der Waals surface area contributed by atoms with Gasteiger partial charge in [-0.1, -0.05) is 0 Å². The Hall–Kier alpha value is -2.37. The lowest BCUT2D eigenvalue weighted by Crippen LogP contribution is -2.09. The highest BCUT2D eigenvalue weighted by Gasteiger charge is 2.13. The Morgan fingerprint density at radius 3 is 2.95 bits per heavy atom. The van der Waals surface area contributed by atoms with E-state index >= 15 is 0 Å². The van der Waals surface area contributed by atoms with Crippen LogP contribution in [-0.4, -0.2) is 23.3 Å². The highest BCUT2D eigenvalue weighted by molar-refractivity contribution is 5.95. The first-order valence-corrected chi connectivity index (χ1v) is 5.72. The van der Waals surface area contributed by atoms with E-state index < -0.39 is 11.8 Å². The minimum absolute atomic E-state index is 0.296. The molecule has 6 heteroatoms. The van der Waals surface area contributed by atoms with Crippen molar-refractivity contribution in [2.24, 2.45) is 0 Å². The van der Waals surface area contributed by atoms with Gasteiger partial charge in [0.15, 0.2) is 0 Å². The standard InChI is InChI=1S/C13H14FN3O2/c1-8-9(7-16-17-8)6-15-12-5-10(14)3-4-11(12)13(18)19-2/h3-5,7,15H,6H2,1-2H3,(H,16,17). The average Bonchev–Trinajstić information content (AvgIpc) is 2.81. The molecule has 1 aromatic heterocycles. The van der Waals surface area contributed by atoms with Crippen LogP contribution in [0.15, 0.2) is 24.4 Å². The molecular weight excluding hydrogens is 249 g/mol. The summed E-state index contributed by atoms with van der Waals surface area (Å²) in [4.78, 5) is 11.6. The van der Waals surface area contributed by atoms with E-state index in [1.165, 1.54) is 25.3 Å². The third kappa shape index (κ3) is 2.90. The quantitative estimate of drug-likeness (QED) is 0.830. The Bertz CT molecular complexity index is 595. The topological polar surface area (TPSA) is 67.0 Å². The largest absolute Gasteiger partial charge is 0.465 e. The van der Waals surface area contributed by atoms with Crippen molar-refractivity contribution in [2.75, 3.05) is 12.4 Å². The predicted octanol–water partition coefficient (Wildman–Crippen LogP) is 2.26. The molecule has 0 fully saturated rings. The fourth-order valence-electron chi connectivity index (χ4n) is 1.70. The summed E-state index contributed by atoms with van der Waals surface area (Å²) in [6.45, 7) is 2.33. The van der Waals surface area contributed by atoms with Crippen molar-refractivity contribution in [1.29, 1.82) is 0 Å². The first-order valence-electron chi connectivity index (χ1n) is 5.72. The van der Waals surface area contributed by atoms with Crippen LogP contribution in [-0.2, 0) is 11.3 Å². The molecule has 5 nitrogen and oxygen atoms in total. The van der Waals surface area contributed by atoms with Crippen LogP contribution >= 0.6 is 0 Å². The summed E-state index contributed by atoms with van der Waals surface area (Å²) in [6.07, 6.45) is 1.68. The molecule has 2 aromatic rings. The van der Waals surface area contributed by atoms with Gasteiger partial charge in [0.25, 0.3) is 0 Å². The van der Waals surface area contributed by atoms with Crippen molar-refractivity contribution in [1.82, 2.24) is 10.2 Å². The van der Waals surface area contributed by atoms with Gasteiger partial charge in [0.2, 0.25) is 0 Å². The summed E-state index contributed by atoms with van der Waals surface area (Å²) < 4.78 is 17.9. The third-order valence-corrected chi connectivity index (χ3v) is 2.79. The Morgan fingerprint density at radius 2 is 2.32 bits per heavy atom. The average molecular weight is 263 g/mol. The van der Waals surface area contributed by atoms with Crippen LogP contribution in [0, 0.1) is 12.7 Å². The molecular formula is C13H14FN3O2. The molecule has 1 aromatic carbocycles. The smallest absolute Gasteiger partial charge is 0.339 e. The minimum Gasteiger partial charge on any atom is -0.465 e. The number of H-pyrrole nitrogens is 1. The highest BCUT2D eigenvalue weighted by atomic mass is 19.1. The lowest BCUT2D eigenvalue weighted by atomic mass is 10.1. The summed E-state index contributed by atoms with van der Waals surface area (Å²) in [5.41, 5.74) is 2.56. The number of halogens is 1. The number of esters is 1. The number of carbonyl (C=O) groups excluding carboxylic acids is 1. The van der Waals surface area contributed by atoms with Gasteiger partial charge >= 0.3 is 5.97 Å². The van der Waals surface area contributed by atoms with Crippen molar-refractivity contribution >= 4 is 11.7 Å². The van der Waals surface area contributed by atoms with Crippen LogP contribution in [0.1, 0.15) is 21.6 Å². The molecule has 0 bridgehead atoms. The molecule has 0 aliphatic carbocycles. The number of rotatable bonds is 4. The molecule has 100 valence electrons. The van der Waals surface area contributed by atoms with E-state index in [2.05, 4.69) is 20.3 Å². The molecule has 0 radical (unpaired) electrons. The fourth-order valence-corrected chi connectivity index (χ4v) is 1.70. The molecule has 0 unspecified atom stereocenters. The van der Waals surface area contributed by atoms with Gasteiger partial charge in [-0.3, -0.25) is 5.10 Å². The maximum Gasteiger partial charge on any atom is 0.339 e. The van der Waals surface area contributed by atoms with Crippen LogP contribution < -0.4 is 5.32 Å². The molecule has 19 heavy (non-hydrogen) atoms. The molecule has 0 amide bonds. The molecule has 0 saturated carbocycles. The second-order valence-corrected chi connectivity index (χ2v) is 4.06. The van der Waals surface area contributed by atoms with Crippen LogP contribution in [0.5, 0.6) is 0 Å². The Kier molecular flexibility index (Phi) is 3.79. The van der Waals surface area contributed by atoms with Crippen LogP contribution in [0.25, 0.3) is 0 Å². The third-order valence-electron chi connectivity index (χ3n) is 2.79. The van der Waals surface area contributed by atoms with E-state index in [0.717, 1.165) is 11.3 Å². The van der Waals surface area contributed by atoms with Crippen molar-refractivity contribution in [3.05, 3.63) is 47.0 Å². The monoisotopic (exact) mass is 263 g/mol. The maximum absolute atomic E-state index is 13.2. The normalized spacial score (nSPS) is 10.3. The van der Waals surface area contributed by atoms with E-state index in [1.807, 2.05) is 6.92 Å². The van der Waals surface area contributed by atoms with Crippen LogP contribution in [0.3, 0.4) is 0 Å². The van der Waals surface area contributed by atoms with Crippen molar-refractivity contribution in [3.8, 4) is 0 Å². The van der Waals surface area contributed by atoms with E-state index in [4.69, 9.17) is 0 Å². The van der Waals surface area contributed by atoms with Crippen molar-refractivity contribution in [2.45, 2.75) is 13.5 Å². The van der Waals surface area contributed by atoms with E-state index in [9.17, 15) is 9.18 Å². The number of aryl methyl sites for hydroxylation is 1. The van der Waals surface area contributed by atoms with E-state index in [-0.39, 0.29) is 0 Å². The molecule has 1 heterocycles. The molecule has 0 aliphatic heterocycles. The fraction of sp³-hybridized carbons (Fsp3) is 0.231. The molecule has 0 atom stereocenters. The zero-order chi connectivity index (χ0) is 13.8. The summed E-state index contributed by atoms with van der Waals surface area (Å²) >= 11 is 0. The predicted molar refractivity (Wildman–Crippen MR) is 68.4 cm³/mol. The highest BCUT2D eigenvalue weighted by Crippen LogP contribution is 2.19. The maximum atomic E-state index is 13.2. The molecule has 2 rings (SSSR count). The zero-order valence-corrected chi connectivity index (χ0v) is 10.7. The number of nitrogens with zero attached hydrogens (tertiary/aromatic N) is 1. The first kappa shape index (κ1) is 13.1. The first-order chi connectivity index (χ1) is 9.11. The number of nitrogens with one attached hydrogen (secondary N) is 2. The van der Waals surface area contributed by atoms with Gasteiger partial charge < -0.3 is 10.1 Å². The molecule has 0 saturated heterocycles. The summed E-state index contributed by atoms with van der Waals surface area (Å²) in [7, 11) is 1.29. The number of methoxy groups -OCH3 is 1. The Labute approximate surface area is 109 Å². The second kappa shape index (κ2) is 5.51. The van der Waals surface area contributed by atoms with Gasteiger partial charge in [-0.2, -0.15) is 5.10 Å². The number of ether oxygens (including phenoxy) is 1. The van der Waals surface area contributed by atoms with E-state index in [1.54, 1.807) is 6.20 Å². The lowest BCUT2D eigenvalue weighted by Gasteiger charge is -2.10. The number of anilines is 1. The number of aromatic amines is 1. The number of benzene rings is 1.